The Morgan fingerprint density at radius 1 is 1.67 bits per heavy atom. The quantitative estimate of drug-likeness (QED) is 0.395. The molecule has 1 heterocycles. The first-order valence-electron chi connectivity index (χ1n) is 5.25. The fourth-order valence-corrected chi connectivity index (χ4v) is 2.53. The molecule has 0 aromatic carbocycles. The van der Waals surface area contributed by atoms with Gasteiger partial charge in [-0.1, -0.05) is 6.42 Å². The molecule has 1 aliphatic carbocycles. The van der Waals surface area contributed by atoms with Crippen LogP contribution in [0.3, 0.4) is 0 Å². The lowest BCUT2D eigenvalue weighted by Crippen LogP contribution is -2.33. The van der Waals surface area contributed by atoms with E-state index in [9.17, 15) is 14.9 Å². The number of ether oxygens (including phenoxy) is 1. The maximum absolute atomic E-state index is 11.5. The van der Waals surface area contributed by atoms with Crippen molar-refractivity contribution in [3.05, 3.63) is 10.1 Å². The summed E-state index contributed by atoms with van der Waals surface area (Å²) >= 11 is 0. The summed E-state index contributed by atoms with van der Waals surface area (Å²) in [5.41, 5.74) is -1.13. The van der Waals surface area contributed by atoms with E-state index in [0.29, 0.717) is 6.42 Å². The van der Waals surface area contributed by atoms with Crippen molar-refractivity contribution in [3.8, 4) is 0 Å². The Kier molecular flexibility index (Phi) is 2.28. The molecule has 6 nitrogen and oxygen atoms in total. The summed E-state index contributed by atoms with van der Waals surface area (Å²) in [6.45, 7) is 1.96. The molecule has 84 valence electrons. The van der Waals surface area contributed by atoms with Crippen LogP contribution in [-0.2, 0) is 4.74 Å². The third-order valence-corrected chi connectivity index (χ3v) is 3.25. The number of nitrogens with zero attached hydrogens (tertiary/aromatic N) is 2. The molecule has 0 N–H and O–H groups in total. The van der Waals surface area contributed by atoms with Crippen LogP contribution in [0.2, 0.25) is 0 Å². The first kappa shape index (κ1) is 10.2. The monoisotopic (exact) mass is 214 g/mol. The van der Waals surface area contributed by atoms with Gasteiger partial charge >= 0.3 is 11.8 Å². The lowest BCUT2D eigenvalue weighted by Gasteiger charge is -2.11. The maximum Gasteiger partial charge on any atom is 0.415 e. The second-order valence-electron chi connectivity index (χ2n) is 3.97. The number of rotatable bonds is 2. The van der Waals surface area contributed by atoms with E-state index < -0.39 is 11.8 Å². The average Bonchev–Trinajstić information content (AvgIpc) is 2.88. The van der Waals surface area contributed by atoms with Gasteiger partial charge in [-0.3, -0.25) is 10.1 Å². The molecule has 1 saturated carbocycles. The molecule has 2 aliphatic rings. The second kappa shape index (κ2) is 3.36. The zero-order valence-corrected chi connectivity index (χ0v) is 8.64. The van der Waals surface area contributed by atoms with Gasteiger partial charge in [-0.2, -0.15) is 0 Å². The van der Waals surface area contributed by atoms with E-state index in [1.807, 2.05) is 0 Å². The summed E-state index contributed by atoms with van der Waals surface area (Å²) in [4.78, 5) is 23.4. The van der Waals surface area contributed by atoms with Gasteiger partial charge in [0.1, 0.15) is 6.04 Å². The molecule has 0 aromatic heterocycles. The smallest absolute Gasteiger partial charge is 0.415 e. The molecular formula is C9H14N2O4. The molecule has 0 bridgehead atoms. The number of fused-ring (bicyclic) bond motifs is 1. The molecule has 1 saturated heterocycles. The van der Waals surface area contributed by atoms with E-state index in [2.05, 4.69) is 0 Å². The zero-order chi connectivity index (χ0) is 11.1. The zero-order valence-electron chi connectivity index (χ0n) is 8.64. The molecule has 2 rings (SSSR count). The minimum atomic E-state index is -1.13. The van der Waals surface area contributed by atoms with Crippen LogP contribution in [0.15, 0.2) is 0 Å². The largest absolute Gasteiger partial charge is 0.450 e. The molecule has 2 unspecified atom stereocenters. The topological polar surface area (TPSA) is 72.5 Å². The summed E-state index contributed by atoms with van der Waals surface area (Å²) in [7, 11) is 0. The molecule has 0 aromatic rings. The van der Waals surface area contributed by atoms with Crippen LogP contribution in [-0.4, -0.2) is 34.2 Å². The van der Waals surface area contributed by atoms with Crippen molar-refractivity contribution < 1.29 is 14.5 Å². The molecule has 1 amide bonds. The summed E-state index contributed by atoms with van der Waals surface area (Å²) in [6, 6.07) is -0.236. The van der Waals surface area contributed by atoms with Gasteiger partial charge in [-0.15, -0.1) is 0 Å². The lowest BCUT2D eigenvalue weighted by atomic mass is 9.96. The minimum absolute atomic E-state index is 0.236. The van der Waals surface area contributed by atoms with Crippen molar-refractivity contribution in [1.82, 2.24) is 4.90 Å². The van der Waals surface area contributed by atoms with Crippen molar-refractivity contribution >= 4 is 6.09 Å². The number of carbonyl (C=O) groups is 1. The van der Waals surface area contributed by atoms with E-state index in [1.54, 1.807) is 6.92 Å². The number of amides is 1. The first-order chi connectivity index (χ1) is 7.14. The molecule has 0 radical (unpaired) electrons. The molecule has 2 atom stereocenters. The summed E-state index contributed by atoms with van der Waals surface area (Å²) in [6.07, 6.45) is 2.41. The van der Waals surface area contributed by atoms with E-state index >= 15 is 0 Å². The highest BCUT2D eigenvalue weighted by atomic mass is 16.6. The molecule has 1 aliphatic heterocycles. The van der Waals surface area contributed by atoms with Crippen molar-refractivity contribution in [2.45, 2.75) is 44.3 Å². The third-order valence-electron chi connectivity index (χ3n) is 3.25. The molecular weight excluding hydrogens is 200 g/mol. The van der Waals surface area contributed by atoms with E-state index in [1.165, 1.54) is 4.90 Å². The number of carbonyl (C=O) groups excluding carboxylic acids is 1. The first-order valence-corrected chi connectivity index (χ1v) is 5.25. The van der Waals surface area contributed by atoms with Crippen LogP contribution in [0.4, 0.5) is 4.79 Å². The number of nitro groups is 1. The number of hydrogen-bond donors (Lipinski definition) is 0. The van der Waals surface area contributed by atoms with Gasteiger partial charge < -0.3 is 4.74 Å². The van der Waals surface area contributed by atoms with Crippen LogP contribution in [0.25, 0.3) is 0 Å². The van der Waals surface area contributed by atoms with E-state index in [-0.39, 0.29) is 17.6 Å². The van der Waals surface area contributed by atoms with Gasteiger partial charge in [-0.25, -0.2) is 9.69 Å². The Labute approximate surface area is 87.3 Å². The van der Waals surface area contributed by atoms with Gasteiger partial charge in [0, 0.05) is 6.42 Å². The Morgan fingerprint density at radius 3 is 2.93 bits per heavy atom. The maximum atomic E-state index is 11.5. The minimum Gasteiger partial charge on any atom is -0.450 e. The van der Waals surface area contributed by atoms with Gasteiger partial charge in [-0.05, 0) is 19.8 Å². The highest BCUT2D eigenvalue weighted by Crippen LogP contribution is 2.51. The van der Waals surface area contributed by atoms with Crippen molar-refractivity contribution in [2.75, 3.05) is 6.61 Å². The molecule has 0 spiro atoms. The third kappa shape index (κ3) is 1.27. The Balaban J connectivity index is 2.14. The van der Waals surface area contributed by atoms with Crippen LogP contribution < -0.4 is 0 Å². The number of hydrogen-bond acceptors (Lipinski definition) is 4. The van der Waals surface area contributed by atoms with Crippen LogP contribution in [0.1, 0.15) is 32.6 Å². The highest BCUT2D eigenvalue weighted by molar-refractivity contribution is 5.73. The van der Waals surface area contributed by atoms with Crippen LogP contribution in [0, 0.1) is 10.1 Å². The normalized spacial score (nSPS) is 33.1. The highest BCUT2D eigenvalue weighted by Gasteiger charge is 2.77. The summed E-state index contributed by atoms with van der Waals surface area (Å²) in [5, 5.41) is 11.0. The van der Waals surface area contributed by atoms with E-state index in [0.717, 1.165) is 19.3 Å². The standard InChI is InChI=1S/C9H14N2O4/c1-2-15-8(12)10-7-5-3-4-6-9(7,10)11(13)14/h7H,2-6H2,1H3. The van der Waals surface area contributed by atoms with Gasteiger partial charge in [0.2, 0.25) is 0 Å². The van der Waals surface area contributed by atoms with Crippen molar-refractivity contribution in [3.63, 3.8) is 0 Å². The van der Waals surface area contributed by atoms with Gasteiger partial charge in [0.05, 0.1) is 11.5 Å². The van der Waals surface area contributed by atoms with Crippen LogP contribution >= 0.6 is 0 Å². The SMILES string of the molecule is CCOC(=O)N1C2CCCCC21[N+](=O)[O-]. The van der Waals surface area contributed by atoms with E-state index in [4.69, 9.17) is 4.74 Å². The van der Waals surface area contributed by atoms with Crippen molar-refractivity contribution in [2.24, 2.45) is 0 Å². The Morgan fingerprint density at radius 2 is 2.40 bits per heavy atom. The Bertz CT molecular complexity index is 306. The predicted octanol–water partition coefficient (Wildman–Crippen LogP) is 1.37. The average molecular weight is 214 g/mol. The van der Waals surface area contributed by atoms with Crippen molar-refractivity contribution in [1.29, 1.82) is 0 Å². The van der Waals surface area contributed by atoms with Crippen LogP contribution in [0.5, 0.6) is 0 Å². The predicted molar refractivity (Wildman–Crippen MR) is 50.8 cm³/mol. The summed E-state index contributed by atoms with van der Waals surface area (Å²) in [5.74, 6) is 0. The number of likely N-dealkylation sites (tertiary alicyclic amines) is 1. The summed E-state index contributed by atoms with van der Waals surface area (Å²) < 4.78 is 4.82. The fourth-order valence-electron chi connectivity index (χ4n) is 2.53. The second-order valence-corrected chi connectivity index (χ2v) is 3.97. The molecule has 6 heteroatoms. The van der Waals surface area contributed by atoms with Gasteiger partial charge in [0.15, 0.2) is 0 Å². The molecule has 15 heavy (non-hydrogen) atoms. The Hall–Kier alpha value is -1.33. The molecule has 2 fully saturated rings. The lowest BCUT2D eigenvalue weighted by molar-refractivity contribution is -0.552. The van der Waals surface area contributed by atoms with Gasteiger partial charge in [0.25, 0.3) is 0 Å². The fraction of sp³-hybridized carbons (Fsp3) is 0.889.